The van der Waals surface area contributed by atoms with E-state index in [1.807, 2.05) is 0 Å². The highest BCUT2D eigenvalue weighted by Gasteiger charge is 2.25. The molecule has 0 saturated heterocycles. The van der Waals surface area contributed by atoms with E-state index < -0.39 is 0 Å². The second-order valence-corrected chi connectivity index (χ2v) is 6.30. The lowest BCUT2D eigenvalue weighted by molar-refractivity contribution is -0.114. The maximum atomic E-state index is 12.3. The third-order valence-electron chi connectivity index (χ3n) is 4.10. The number of ketones is 1. The summed E-state index contributed by atoms with van der Waals surface area (Å²) in [5, 5.41) is 8.65. The van der Waals surface area contributed by atoms with Crippen LogP contribution >= 0.6 is 0 Å². The first kappa shape index (κ1) is 17.7. The van der Waals surface area contributed by atoms with Gasteiger partial charge in [-0.15, -0.1) is 0 Å². The van der Waals surface area contributed by atoms with Crippen LogP contribution in [-0.4, -0.2) is 30.2 Å². The molecule has 1 aliphatic carbocycles. The monoisotopic (exact) mass is 351 g/mol. The molecule has 0 bridgehead atoms. The molecule has 0 heterocycles. The van der Waals surface area contributed by atoms with E-state index in [1.54, 1.807) is 48.5 Å². The zero-order chi connectivity index (χ0) is 18.5. The van der Waals surface area contributed by atoms with Crippen molar-refractivity contribution in [1.82, 2.24) is 5.32 Å². The fourth-order valence-electron chi connectivity index (χ4n) is 2.60. The van der Waals surface area contributed by atoms with Gasteiger partial charge in [-0.25, -0.2) is 0 Å². The van der Waals surface area contributed by atoms with Crippen LogP contribution in [0.4, 0.5) is 11.4 Å². The molecule has 0 spiro atoms. The number of carbonyl (C=O) groups excluding carboxylic acids is 3. The van der Waals surface area contributed by atoms with Crippen LogP contribution in [-0.2, 0) is 4.79 Å². The third-order valence-corrected chi connectivity index (χ3v) is 4.10. The molecule has 134 valence electrons. The predicted octanol–water partition coefficient (Wildman–Crippen LogP) is 2.83. The number of anilines is 2. The van der Waals surface area contributed by atoms with Gasteiger partial charge in [0.15, 0.2) is 5.78 Å². The minimum atomic E-state index is -0.296. The Bertz CT molecular complexity index is 844. The molecule has 6 nitrogen and oxygen atoms in total. The summed E-state index contributed by atoms with van der Waals surface area (Å²) in [5.74, 6) is -0.552. The number of hydrogen-bond donors (Lipinski definition) is 3. The summed E-state index contributed by atoms with van der Waals surface area (Å²) in [5.41, 5.74) is 2.05. The Morgan fingerprint density at radius 1 is 0.923 bits per heavy atom. The van der Waals surface area contributed by atoms with E-state index in [9.17, 15) is 14.4 Å². The average Bonchev–Trinajstić information content (AvgIpc) is 3.44. The minimum absolute atomic E-state index is 0.0110. The fourth-order valence-corrected chi connectivity index (χ4v) is 2.60. The van der Waals surface area contributed by atoms with Gasteiger partial charge >= 0.3 is 0 Å². The van der Waals surface area contributed by atoms with Crippen molar-refractivity contribution in [2.24, 2.45) is 0 Å². The van der Waals surface area contributed by atoms with Crippen LogP contribution in [0.2, 0.25) is 0 Å². The zero-order valence-electron chi connectivity index (χ0n) is 14.5. The fraction of sp³-hybridized carbons (Fsp3) is 0.250. The summed E-state index contributed by atoms with van der Waals surface area (Å²) in [6.07, 6.45) is 2.00. The van der Waals surface area contributed by atoms with Gasteiger partial charge in [0.25, 0.3) is 5.91 Å². The molecule has 1 aliphatic rings. The van der Waals surface area contributed by atoms with Gasteiger partial charge in [-0.3, -0.25) is 14.4 Å². The minimum Gasteiger partial charge on any atom is -0.376 e. The Balaban J connectivity index is 1.64. The molecule has 3 rings (SSSR count). The average molecular weight is 351 g/mol. The summed E-state index contributed by atoms with van der Waals surface area (Å²) in [6, 6.07) is 14.2. The van der Waals surface area contributed by atoms with Crippen LogP contribution < -0.4 is 16.0 Å². The molecule has 0 unspecified atom stereocenters. The van der Waals surface area contributed by atoms with Crippen molar-refractivity contribution in [3.05, 3.63) is 59.7 Å². The van der Waals surface area contributed by atoms with Gasteiger partial charge in [-0.05, 0) is 44.0 Å². The molecular formula is C20H21N3O3. The lowest BCUT2D eigenvalue weighted by Gasteiger charge is -2.13. The quantitative estimate of drug-likeness (QED) is 0.670. The van der Waals surface area contributed by atoms with E-state index in [0.29, 0.717) is 22.5 Å². The normalized spacial score (nSPS) is 13.0. The van der Waals surface area contributed by atoms with Crippen LogP contribution in [0.1, 0.15) is 40.5 Å². The number of Topliss-reactive ketones (excluding diaryl/α,β-unsaturated/α-hetero) is 1. The number of benzene rings is 2. The largest absolute Gasteiger partial charge is 0.376 e. The van der Waals surface area contributed by atoms with Crippen molar-refractivity contribution in [1.29, 1.82) is 0 Å². The highest BCUT2D eigenvalue weighted by Crippen LogP contribution is 2.21. The van der Waals surface area contributed by atoms with E-state index in [-0.39, 0.29) is 30.2 Å². The van der Waals surface area contributed by atoms with Crippen LogP contribution in [0, 0.1) is 0 Å². The van der Waals surface area contributed by atoms with E-state index in [0.717, 1.165) is 12.8 Å². The van der Waals surface area contributed by atoms with Crippen LogP contribution in [0.25, 0.3) is 0 Å². The summed E-state index contributed by atoms with van der Waals surface area (Å²) in [7, 11) is 0. The van der Waals surface area contributed by atoms with Gasteiger partial charge in [0.05, 0.1) is 17.8 Å². The van der Waals surface area contributed by atoms with Gasteiger partial charge in [0, 0.05) is 17.3 Å². The number of para-hydroxylation sites is 2. The van der Waals surface area contributed by atoms with E-state index in [1.165, 1.54) is 6.92 Å². The molecule has 0 radical (unpaired) electrons. The number of amides is 2. The van der Waals surface area contributed by atoms with Crippen LogP contribution in [0.5, 0.6) is 0 Å². The highest BCUT2D eigenvalue weighted by molar-refractivity contribution is 6.05. The second-order valence-electron chi connectivity index (χ2n) is 6.30. The van der Waals surface area contributed by atoms with Gasteiger partial charge in [0.1, 0.15) is 0 Å². The van der Waals surface area contributed by atoms with Crippen LogP contribution in [0.15, 0.2) is 48.5 Å². The number of carbonyl (C=O) groups is 3. The lowest BCUT2D eigenvalue weighted by atomic mass is 10.1. The predicted molar refractivity (Wildman–Crippen MR) is 100 cm³/mol. The molecule has 2 aromatic rings. The Morgan fingerprint density at radius 3 is 2.19 bits per heavy atom. The SMILES string of the molecule is CC(=O)c1ccccc1NCC(=O)Nc1ccccc1C(=O)NC1CC1. The molecule has 0 aliphatic heterocycles. The Morgan fingerprint density at radius 2 is 1.54 bits per heavy atom. The van der Waals surface area contributed by atoms with Gasteiger partial charge < -0.3 is 16.0 Å². The molecule has 3 N–H and O–H groups in total. The molecule has 26 heavy (non-hydrogen) atoms. The Kier molecular flexibility index (Phi) is 5.31. The molecule has 1 fully saturated rings. The van der Waals surface area contributed by atoms with Gasteiger partial charge in [-0.1, -0.05) is 24.3 Å². The van der Waals surface area contributed by atoms with Crippen molar-refractivity contribution in [2.75, 3.05) is 17.2 Å². The first-order valence-corrected chi connectivity index (χ1v) is 8.58. The molecule has 2 aromatic carbocycles. The first-order valence-electron chi connectivity index (χ1n) is 8.58. The molecule has 0 aromatic heterocycles. The van der Waals surface area contributed by atoms with Gasteiger partial charge in [0.2, 0.25) is 5.91 Å². The summed E-state index contributed by atoms with van der Waals surface area (Å²) < 4.78 is 0. The number of hydrogen-bond acceptors (Lipinski definition) is 4. The van der Waals surface area contributed by atoms with Crippen molar-refractivity contribution in [3.8, 4) is 0 Å². The molecule has 0 atom stereocenters. The van der Waals surface area contributed by atoms with Crippen LogP contribution in [0.3, 0.4) is 0 Å². The van der Waals surface area contributed by atoms with Crippen molar-refractivity contribution < 1.29 is 14.4 Å². The second kappa shape index (κ2) is 7.82. The Hall–Kier alpha value is -3.15. The zero-order valence-corrected chi connectivity index (χ0v) is 14.5. The standard InChI is InChI=1S/C20H21N3O3/c1-13(24)15-6-2-4-8-17(15)21-12-19(25)23-18-9-5-3-7-16(18)20(26)22-14-10-11-14/h2-9,14,21H,10-12H2,1H3,(H,22,26)(H,23,25). The summed E-state index contributed by atoms with van der Waals surface area (Å²) in [4.78, 5) is 36.2. The third kappa shape index (κ3) is 4.47. The van der Waals surface area contributed by atoms with Crippen molar-refractivity contribution >= 4 is 29.0 Å². The smallest absolute Gasteiger partial charge is 0.253 e. The first-order chi connectivity index (χ1) is 12.5. The summed E-state index contributed by atoms with van der Waals surface area (Å²) in [6.45, 7) is 1.47. The molecule has 6 heteroatoms. The molecule has 1 saturated carbocycles. The maximum absolute atomic E-state index is 12.3. The Labute approximate surface area is 152 Å². The number of rotatable bonds is 7. The van der Waals surface area contributed by atoms with E-state index in [4.69, 9.17) is 0 Å². The number of nitrogens with one attached hydrogen (secondary N) is 3. The van der Waals surface area contributed by atoms with Crippen molar-refractivity contribution in [2.45, 2.75) is 25.8 Å². The maximum Gasteiger partial charge on any atom is 0.253 e. The highest BCUT2D eigenvalue weighted by atomic mass is 16.2. The van der Waals surface area contributed by atoms with E-state index >= 15 is 0 Å². The van der Waals surface area contributed by atoms with Crippen molar-refractivity contribution in [3.63, 3.8) is 0 Å². The van der Waals surface area contributed by atoms with E-state index in [2.05, 4.69) is 16.0 Å². The van der Waals surface area contributed by atoms with Gasteiger partial charge in [-0.2, -0.15) is 0 Å². The lowest BCUT2D eigenvalue weighted by Crippen LogP contribution is -2.28. The topological polar surface area (TPSA) is 87.3 Å². The summed E-state index contributed by atoms with van der Waals surface area (Å²) >= 11 is 0. The molecule has 2 amide bonds. The molecular weight excluding hydrogens is 330 g/mol.